The summed E-state index contributed by atoms with van der Waals surface area (Å²) in [6, 6.07) is 11.1. The maximum Gasteiger partial charge on any atom is 0.262 e. The molecule has 2 fully saturated rings. The van der Waals surface area contributed by atoms with Gasteiger partial charge in [-0.3, -0.25) is 23.5 Å². The number of anilines is 2. The topological polar surface area (TPSA) is 133 Å². The zero-order chi connectivity index (χ0) is 31.0. The molecule has 7 rings (SSSR count). The Labute approximate surface area is 264 Å². The van der Waals surface area contributed by atoms with Gasteiger partial charge in [0, 0.05) is 46.1 Å². The minimum absolute atomic E-state index is 0.174. The third-order valence-corrected chi connectivity index (χ3v) is 11.5. The van der Waals surface area contributed by atoms with Crippen molar-refractivity contribution >= 4 is 49.4 Å². The van der Waals surface area contributed by atoms with Gasteiger partial charge < -0.3 is 20.1 Å². The number of pyridine rings is 2. The molecule has 0 aliphatic carbocycles. The molecule has 13 heteroatoms. The van der Waals surface area contributed by atoms with E-state index in [0.717, 1.165) is 37.4 Å². The van der Waals surface area contributed by atoms with Gasteiger partial charge in [-0.25, -0.2) is 4.98 Å². The highest BCUT2D eigenvalue weighted by Crippen LogP contribution is 2.30. The van der Waals surface area contributed by atoms with E-state index in [1.165, 1.54) is 17.5 Å². The first kappa shape index (κ1) is 29.5. The summed E-state index contributed by atoms with van der Waals surface area (Å²) in [6.45, 7) is 4.72. The lowest BCUT2D eigenvalue weighted by Crippen LogP contribution is -2.37. The SMILES string of the molecule is C=S(=O)(c1cnc(-c2cc3cnc(Nc4ccc(OC5CCCNC5)cc4)nc3n(C3CCOC3)c2=O)c(C)c1)c1cncs1. The Kier molecular flexibility index (Phi) is 8.08. The summed E-state index contributed by atoms with van der Waals surface area (Å²) < 4.78 is 27.5. The smallest absolute Gasteiger partial charge is 0.262 e. The molecule has 2 aliphatic rings. The number of ether oxygens (including phenoxy) is 2. The second kappa shape index (κ2) is 12.3. The van der Waals surface area contributed by atoms with Gasteiger partial charge in [0.05, 0.1) is 40.5 Å². The normalized spacial score (nSPS) is 19.8. The molecule has 0 spiro atoms. The molecule has 2 aliphatic heterocycles. The van der Waals surface area contributed by atoms with Crippen molar-refractivity contribution in [1.82, 2.24) is 29.8 Å². The van der Waals surface area contributed by atoms with Crippen LogP contribution in [0.3, 0.4) is 0 Å². The number of hydrogen-bond acceptors (Lipinski definition) is 11. The minimum Gasteiger partial charge on any atom is -0.489 e. The Morgan fingerprint density at radius 3 is 2.73 bits per heavy atom. The lowest BCUT2D eigenvalue weighted by atomic mass is 10.1. The van der Waals surface area contributed by atoms with Gasteiger partial charge in [-0.15, -0.1) is 11.3 Å². The molecule has 3 unspecified atom stereocenters. The Morgan fingerprint density at radius 2 is 2.02 bits per heavy atom. The number of nitrogens with one attached hydrogen (secondary N) is 2. The Balaban J connectivity index is 1.21. The second-order valence-electron chi connectivity index (χ2n) is 11.3. The van der Waals surface area contributed by atoms with Gasteiger partial charge in [-0.1, -0.05) is 0 Å². The molecule has 0 radical (unpaired) electrons. The zero-order valence-corrected chi connectivity index (χ0v) is 26.4. The zero-order valence-electron chi connectivity index (χ0n) is 24.8. The summed E-state index contributed by atoms with van der Waals surface area (Å²) in [6.07, 6.45) is 7.83. The van der Waals surface area contributed by atoms with Crippen LogP contribution in [0.5, 0.6) is 5.75 Å². The van der Waals surface area contributed by atoms with E-state index >= 15 is 0 Å². The quantitative estimate of drug-likeness (QED) is 0.231. The summed E-state index contributed by atoms with van der Waals surface area (Å²) >= 11 is 1.29. The molecule has 2 N–H and O–H groups in total. The molecule has 45 heavy (non-hydrogen) atoms. The fraction of sp³-hybridized carbons (Fsp3) is 0.312. The lowest BCUT2D eigenvalue weighted by Gasteiger charge is -2.24. The highest BCUT2D eigenvalue weighted by atomic mass is 32.2. The number of aryl methyl sites for hydroxylation is 1. The highest BCUT2D eigenvalue weighted by molar-refractivity contribution is 8.02. The number of hydrogen-bond donors (Lipinski definition) is 2. The van der Waals surface area contributed by atoms with E-state index in [0.29, 0.717) is 62.5 Å². The van der Waals surface area contributed by atoms with E-state index in [1.807, 2.05) is 31.2 Å². The van der Waals surface area contributed by atoms with E-state index in [4.69, 9.17) is 14.5 Å². The van der Waals surface area contributed by atoms with Crippen molar-refractivity contribution in [2.45, 2.75) is 47.4 Å². The van der Waals surface area contributed by atoms with Crippen LogP contribution in [-0.4, -0.2) is 67.0 Å². The summed E-state index contributed by atoms with van der Waals surface area (Å²) in [4.78, 5) is 32.7. The molecule has 0 bridgehead atoms. The molecule has 232 valence electrons. The number of rotatable bonds is 8. The van der Waals surface area contributed by atoms with Gasteiger partial charge in [-0.05, 0) is 80.6 Å². The van der Waals surface area contributed by atoms with Crippen molar-refractivity contribution in [3.05, 3.63) is 76.4 Å². The third kappa shape index (κ3) is 5.96. The molecular weight excluding hydrogens is 611 g/mol. The summed E-state index contributed by atoms with van der Waals surface area (Å²) in [5.74, 6) is 5.15. The Bertz CT molecular complexity index is 2000. The summed E-state index contributed by atoms with van der Waals surface area (Å²) in [7, 11) is -2.77. The first-order chi connectivity index (χ1) is 21.9. The predicted molar refractivity (Wildman–Crippen MR) is 176 cm³/mol. The first-order valence-electron chi connectivity index (χ1n) is 14.8. The summed E-state index contributed by atoms with van der Waals surface area (Å²) in [5, 5.41) is 7.33. The fourth-order valence-electron chi connectivity index (χ4n) is 5.77. The van der Waals surface area contributed by atoms with Crippen LogP contribution < -0.4 is 20.9 Å². The van der Waals surface area contributed by atoms with Crippen molar-refractivity contribution in [1.29, 1.82) is 0 Å². The molecule has 2 saturated heterocycles. The molecule has 6 heterocycles. The van der Waals surface area contributed by atoms with Gasteiger partial charge in [0.2, 0.25) is 5.95 Å². The molecule has 11 nitrogen and oxygen atoms in total. The highest BCUT2D eigenvalue weighted by Gasteiger charge is 2.25. The van der Waals surface area contributed by atoms with Crippen LogP contribution in [0, 0.1) is 6.92 Å². The van der Waals surface area contributed by atoms with Gasteiger partial charge in [-0.2, -0.15) is 4.98 Å². The number of nitrogens with zero attached hydrogens (tertiary/aromatic N) is 5. The van der Waals surface area contributed by atoms with Crippen LogP contribution in [-0.2, 0) is 14.3 Å². The molecule has 0 saturated carbocycles. The average molecular weight is 644 g/mol. The Hall–Kier alpha value is -4.17. The molecular formula is C32H33N7O4S2. The van der Waals surface area contributed by atoms with Crippen LogP contribution in [0.4, 0.5) is 11.6 Å². The van der Waals surface area contributed by atoms with Crippen molar-refractivity contribution in [2.24, 2.45) is 0 Å². The maximum absolute atomic E-state index is 14.2. The Morgan fingerprint density at radius 1 is 1.16 bits per heavy atom. The number of thiazole rings is 1. The fourth-order valence-corrected chi connectivity index (χ4v) is 8.21. The van der Waals surface area contributed by atoms with Crippen molar-refractivity contribution < 1.29 is 13.7 Å². The van der Waals surface area contributed by atoms with Gasteiger partial charge in [0.15, 0.2) is 0 Å². The number of benzene rings is 1. The average Bonchev–Trinajstić information content (AvgIpc) is 3.79. The monoisotopic (exact) mass is 643 g/mol. The van der Waals surface area contributed by atoms with Crippen LogP contribution in [0.25, 0.3) is 22.3 Å². The third-order valence-electron chi connectivity index (χ3n) is 8.13. The van der Waals surface area contributed by atoms with Gasteiger partial charge in [0.25, 0.3) is 5.56 Å². The van der Waals surface area contributed by atoms with Crippen molar-refractivity contribution in [3.63, 3.8) is 0 Å². The first-order valence-corrected chi connectivity index (χ1v) is 17.4. The van der Waals surface area contributed by atoms with Gasteiger partial charge >= 0.3 is 0 Å². The van der Waals surface area contributed by atoms with Gasteiger partial charge in [0.1, 0.15) is 21.7 Å². The molecule has 3 atom stereocenters. The van der Waals surface area contributed by atoms with Crippen molar-refractivity contribution in [3.8, 4) is 17.0 Å². The standard InChI is InChI=1S/C32H33N7O4S2/c1-20-12-26(45(2,41)28-17-34-19-44-28)16-35-29(20)27-13-21-14-36-32(38-30(21)39(31(27)40)23-9-11-42-18-23)37-22-5-7-24(8-6-22)43-25-4-3-10-33-15-25/h5-8,12-14,16-17,19,23,25,33H,2-4,9-11,15,18H2,1H3,(H,36,37,38). The number of aromatic nitrogens is 5. The molecule has 4 aromatic heterocycles. The number of piperidine rings is 1. The lowest BCUT2D eigenvalue weighted by molar-refractivity contribution is 0.167. The van der Waals surface area contributed by atoms with Crippen molar-refractivity contribution in [2.75, 3.05) is 31.6 Å². The van der Waals surface area contributed by atoms with E-state index in [1.54, 1.807) is 34.6 Å². The van der Waals surface area contributed by atoms with E-state index in [2.05, 4.69) is 31.5 Å². The van der Waals surface area contributed by atoms with E-state index < -0.39 is 9.52 Å². The molecule has 0 amide bonds. The largest absolute Gasteiger partial charge is 0.489 e. The predicted octanol–water partition coefficient (Wildman–Crippen LogP) is 4.59. The van der Waals surface area contributed by atoms with Crippen LogP contribution >= 0.6 is 11.3 Å². The van der Waals surface area contributed by atoms with Crippen LogP contribution in [0.2, 0.25) is 0 Å². The maximum atomic E-state index is 14.2. The van der Waals surface area contributed by atoms with E-state index in [-0.39, 0.29) is 17.7 Å². The summed E-state index contributed by atoms with van der Waals surface area (Å²) in [5.41, 5.74) is 4.36. The van der Waals surface area contributed by atoms with Crippen LogP contribution in [0.15, 0.2) is 74.4 Å². The number of fused-ring (bicyclic) bond motifs is 1. The van der Waals surface area contributed by atoms with E-state index in [9.17, 15) is 9.00 Å². The minimum atomic E-state index is -2.77. The van der Waals surface area contributed by atoms with Crippen LogP contribution in [0.1, 0.15) is 30.9 Å². The molecule has 5 aromatic rings. The second-order valence-corrected chi connectivity index (χ2v) is 14.7. The molecule has 1 aromatic carbocycles.